The Balaban J connectivity index is 2.86. The van der Waals surface area contributed by atoms with Gasteiger partial charge < -0.3 is 10.8 Å². The molecule has 16 heavy (non-hydrogen) atoms. The molecule has 0 saturated heterocycles. The fourth-order valence-corrected chi connectivity index (χ4v) is 2.43. The zero-order valence-electron chi connectivity index (χ0n) is 9.69. The highest BCUT2D eigenvalue weighted by Gasteiger charge is 2.17. The third-order valence-electron chi connectivity index (χ3n) is 2.13. The van der Waals surface area contributed by atoms with Gasteiger partial charge in [-0.05, 0) is 25.3 Å². The average molecular weight is 242 g/mol. The summed E-state index contributed by atoms with van der Waals surface area (Å²) in [6, 6.07) is 0. The van der Waals surface area contributed by atoms with E-state index in [4.69, 9.17) is 10.8 Å². The molecular weight excluding hydrogens is 224 g/mol. The number of carbonyl (C=O) groups is 1. The summed E-state index contributed by atoms with van der Waals surface area (Å²) in [6.45, 7) is 4.73. The second kappa shape index (κ2) is 5.96. The van der Waals surface area contributed by atoms with Crippen molar-refractivity contribution in [2.75, 3.05) is 6.54 Å². The summed E-state index contributed by atoms with van der Waals surface area (Å²) in [4.78, 5) is 15.8. The molecule has 0 aliphatic heterocycles. The van der Waals surface area contributed by atoms with Crippen LogP contribution in [0.4, 0.5) is 0 Å². The summed E-state index contributed by atoms with van der Waals surface area (Å²) in [5.74, 6) is -0.449. The van der Waals surface area contributed by atoms with Gasteiger partial charge in [-0.25, -0.2) is 9.78 Å². The van der Waals surface area contributed by atoms with E-state index >= 15 is 0 Å². The smallest absolute Gasteiger partial charge is 0.347 e. The van der Waals surface area contributed by atoms with Crippen molar-refractivity contribution in [2.24, 2.45) is 11.7 Å². The molecular formula is C11H18N2O2S. The van der Waals surface area contributed by atoms with Crippen LogP contribution in [-0.2, 0) is 12.8 Å². The first kappa shape index (κ1) is 13.1. The van der Waals surface area contributed by atoms with E-state index in [1.165, 1.54) is 11.3 Å². The Labute approximate surface area is 99.5 Å². The maximum Gasteiger partial charge on any atom is 0.347 e. The number of nitrogens with two attached hydrogens (primary N) is 1. The molecule has 90 valence electrons. The monoisotopic (exact) mass is 242 g/mol. The Morgan fingerprint density at radius 1 is 1.56 bits per heavy atom. The Hall–Kier alpha value is -0.940. The molecule has 0 radical (unpaired) electrons. The minimum atomic E-state index is -0.868. The molecule has 0 amide bonds. The maximum atomic E-state index is 11.0. The summed E-state index contributed by atoms with van der Waals surface area (Å²) >= 11 is 1.28. The molecule has 0 atom stereocenters. The van der Waals surface area contributed by atoms with Crippen molar-refractivity contribution < 1.29 is 9.90 Å². The first-order chi connectivity index (χ1) is 7.54. The lowest BCUT2D eigenvalue weighted by atomic mass is 10.1. The van der Waals surface area contributed by atoms with Crippen LogP contribution in [0.2, 0.25) is 0 Å². The number of hydrogen-bond acceptors (Lipinski definition) is 4. The van der Waals surface area contributed by atoms with E-state index in [9.17, 15) is 4.79 Å². The van der Waals surface area contributed by atoms with E-state index in [-0.39, 0.29) is 0 Å². The van der Waals surface area contributed by atoms with Gasteiger partial charge in [0.2, 0.25) is 0 Å². The third kappa shape index (κ3) is 3.57. The van der Waals surface area contributed by atoms with Crippen LogP contribution in [0.25, 0.3) is 0 Å². The predicted molar refractivity (Wildman–Crippen MR) is 65.0 cm³/mol. The number of aromatic nitrogens is 1. The molecule has 4 nitrogen and oxygen atoms in total. The van der Waals surface area contributed by atoms with Crippen LogP contribution >= 0.6 is 11.3 Å². The van der Waals surface area contributed by atoms with Gasteiger partial charge in [0.05, 0.1) is 10.7 Å². The largest absolute Gasteiger partial charge is 0.477 e. The van der Waals surface area contributed by atoms with Gasteiger partial charge in [0.1, 0.15) is 4.88 Å². The normalized spacial score (nSPS) is 11.0. The lowest BCUT2D eigenvalue weighted by molar-refractivity contribution is 0.0700. The molecule has 0 spiro atoms. The molecule has 0 aromatic carbocycles. The standard InChI is InChI=1S/C11H18N2O2S/c1-7(2)6-8-10(11(14)15)16-9(13-8)4-3-5-12/h7H,3-6,12H2,1-2H3,(H,14,15). The molecule has 0 unspecified atom stereocenters. The molecule has 1 aromatic heterocycles. The van der Waals surface area contributed by atoms with Crippen LogP contribution in [0.3, 0.4) is 0 Å². The summed E-state index contributed by atoms with van der Waals surface area (Å²) in [6.07, 6.45) is 2.36. The molecule has 1 rings (SSSR count). The number of carboxylic acid groups (broad SMARTS) is 1. The second-order valence-corrected chi connectivity index (χ2v) is 5.26. The second-order valence-electron chi connectivity index (χ2n) is 4.18. The van der Waals surface area contributed by atoms with Crippen molar-refractivity contribution >= 4 is 17.3 Å². The highest BCUT2D eigenvalue weighted by molar-refractivity contribution is 7.13. The van der Waals surface area contributed by atoms with Gasteiger partial charge in [0, 0.05) is 6.42 Å². The van der Waals surface area contributed by atoms with Crippen molar-refractivity contribution in [1.29, 1.82) is 0 Å². The summed E-state index contributed by atoms with van der Waals surface area (Å²) in [7, 11) is 0. The summed E-state index contributed by atoms with van der Waals surface area (Å²) in [5, 5.41) is 9.95. The highest BCUT2D eigenvalue weighted by Crippen LogP contribution is 2.22. The van der Waals surface area contributed by atoms with E-state index in [1.807, 2.05) is 0 Å². The zero-order chi connectivity index (χ0) is 12.1. The van der Waals surface area contributed by atoms with Crippen molar-refractivity contribution in [1.82, 2.24) is 4.98 Å². The SMILES string of the molecule is CC(C)Cc1nc(CCCN)sc1C(=O)O. The Kier molecular flexibility index (Phi) is 4.89. The molecule has 0 aliphatic carbocycles. The van der Waals surface area contributed by atoms with Crippen LogP contribution in [0.15, 0.2) is 0 Å². The minimum absolute atomic E-state index is 0.390. The minimum Gasteiger partial charge on any atom is -0.477 e. The van der Waals surface area contributed by atoms with E-state index in [1.54, 1.807) is 0 Å². The van der Waals surface area contributed by atoms with Gasteiger partial charge in [-0.1, -0.05) is 13.8 Å². The number of rotatable bonds is 6. The van der Waals surface area contributed by atoms with Crippen molar-refractivity contribution in [3.63, 3.8) is 0 Å². The van der Waals surface area contributed by atoms with Gasteiger partial charge >= 0.3 is 5.97 Å². The van der Waals surface area contributed by atoms with Gasteiger partial charge in [-0.15, -0.1) is 11.3 Å². The van der Waals surface area contributed by atoms with Crippen LogP contribution in [-0.4, -0.2) is 22.6 Å². The number of carboxylic acids is 1. The first-order valence-corrected chi connectivity index (χ1v) is 6.28. The van der Waals surface area contributed by atoms with Gasteiger partial charge in [-0.3, -0.25) is 0 Å². The fraction of sp³-hybridized carbons (Fsp3) is 0.636. The van der Waals surface area contributed by atoms with Gasteiger partial charge in [0.15, 0.2) is 0 Å². The average Bonchev–Trinajstić information content (AvgIpc) is 2.57. The third-order valence-corrected chi connectivity index (χ3v) is 3.28. The van der Waals surface area contributed by atoms with Crippen LogP contribution in [0.5, 0.6) is 0 Å². The van der Waals surface area contributed by atoms with E-state index in [0.29, 0.717) is 17.3 Å². The summed E-state index contributed by atoms with van der Waals surface area (Å²) in [5.41, 5.74) is 6.14. The Bertz CT molecular complexity index is 361. The van der Waals surface area contributed by atoms with Crippen molar-refractivity contribution in [3.8, 4) is 0 Å². The number of aryl methyl sites for hydroxylation is 1. The first-order valence-electron chi connectivity index (χ1n) is 5.46. The Morgan fingerprint density at radius 2 is 2.25 bits per heavy atom. The molecule has 5 heteroatoms. The van der Waals surface area contributed by atoms with E-state index in [2.05, 4.69) is 18.8 Å². The molecule has 0 aliphatic rings. The molecule has 1 heterocycles. The fourth-order valence-electron chi connectivity index (χ4n) is 1.45. The van der Waals surface area contributed by atoms with Crippen molar-refractivity contribution in [3.05, 3.63) is 15.6 Å². The maximum absolute atomic E-state index is 11.0. The zero-order valence-corrected chi connectivity index (χ0v) is 10.5. The molecule has 0 fully saturated rings. The predicted octanol–water partition coefficient (Wildman–Crippen LogP) is 1.93. The van der Waals surface area contributed by atoms with Gasteiger partial charge in [0.25, 0.3) is 0 Å². The molecule has 1 aromatic rings. The molecule has 0 bridgehead atoms. The number of thiazole rings is 1. The topological polar surface area (TPSA) is 76.2 Å². The highest BCUT2D eigenvalue weighted by atomic mass is 32.1. The van der Waals surface area contributed by atoms with Crippen LogP contribution in [0.1, 0.15) is 40.6 Å². The van der Waals surface area contributed by atoms with Crippen LogP contribution in [0, 0.1) is 5.92 Å². The number of hydrogen-bond donors (Lipinski definition) is 2. The van der Waals surface area contributed by atoms with Crippen LogP contribution < -0.4 is 5.73 Å². The quantitative estimate of drug-likeness (QED) is 0.799. The van der Waals surface area contributed by atoms with Crippen molar-refractivity contribution in [2.45, 2.75) is 33.1 Å². The Morgan fingerprint density at radius 3 is 2.75 bits per heavy atom. The molecule has 3 N–H and O–H groups in total. The van der Waals surface area contributed by atoms with Gasteiger partial charge in [-0.2, -0.15) is 0 Å². The molecule has 0 saturated carbocycles. The number of aromatic carboxylic acids is 1. The lowest BCUT2D eigenvalue weighted by Crippen LogP contribution is -2.03. The number of nitrogens with zero attached hydrogens (tertiary/aromatic N) is 1. The lowest BCUT2D eigenvalue weighted by Gasteiger charge is -2.01. The van der Waals surface area contributed by atoms with E-state index in [0.717, 1.165) is 30.0 Å². The van der Waals surface area contributed by atoms with E-state index < -0.39 is 5.97 Å². The summed E-state index contributed by atoms with van der Waals surface area (Å²) < 4.78 is 0.